The number of hydrogen-bond acceptors (Lipinski definition) is 4. The molecule has 134 valence electrons. The van der Waals surface area contributed by atoms with Gasteiger partial charge in [0.15, 0.2) is 6.61 Å². The third-order valence-electron chi connectivity index (χ3n) is 3.47. The van der Waals surface area contributed by atoms with Crippen molar-refractivity contribution in [2.45, 2.75) is 26.4 Å². The summed E-state index contributed by atoms with van der Waals surface area (Å²) in [5.41, 5.74) is 0. The SMILES string of the molecule is CC(C)[C@H](NC(=O)COc1ccc(Cl)cc1)C(=O)NCc1ccco1. The minimum Gasteiger partial charge on any atom is -0.484 e. The Bertz CT molecular complexity index is 684. The zero-order valence-electron chi connectivity index (χ0n) is 14.1. The van der Waals surface area contributed by atoms with E-state index < -0.39 is 6.04 Å². The summed E-state index contributed by atoms with van der Waals surface area (Å²) in [7, 11) is 0. The fourth-order valence-corrected chi connectivity index (χ4v) is 2.25. The lowest BCUT2D eigenvalue weighted by molar-refractivity contribution is -0.131. The molecule has 0 saturated heterocycles. The first-order chi connectivity index (χ1) is 12.0. The Labute approximate surface area is 151 Å². The molecule has 0 aliphatic carbocycles. The van der Waals surface area contributed by atoms with E-state index in [-0.39, 0.29) is 30.9 Å². The first-order valence-electron chi connectivity index (χ1n) is 7.93. The van der Waals surface area contributed by atoms with Crippen molar-refractivity contribution in [1.29, 1.82) is 0 Å². The number of ether oxygens (including phenoxy) is 1. The Balaban J connectivity index is 1.83. The molecule has 1 atom stereocenters. The van der Waals surface area contributed by atoms with E-state index in [1.165, 1.54) is 6.26 Å². The van der Waals surface area contributed by atoms with Crippen molar-refractivity contribution in [2.24, 2.45) is 5.92 Å². The Morgan fingerprint density at radius 1 is 1.20 bits per heavy atom. The van der Waals surface area contributed by atoms with Crippen LogP contribution in [0.2, 0.25) is 5.02 Å². The first kappa shape index (κ1) is 18.9. The predicted octanol–water partition coefficient (Wildman–Crippen LogP) is 2.77. The van der Waals surface area contributed by atoms with Crippen molar-refractivity contribution < 1.29 is 18.7 Å². The van der Waals surface area contributed by atoms with E-state index >= 15 is 0 Å². The van der Waals surface area contributed by atoms with Crippen LogP contribution in [0.5, 0.6) is 5.75 Å². The van der Waals surface area contributed by atoms with Gasteiger partial charge in [0.05, 0.1) is 12.8 Å². The second-order valence-corrected chi connectivity index (χ2v) is 6.27. The van der Waals surface area contributed by atoms with Crippen LogP contribution in [0.25, 0.3) is 0 Å². The van der Waals surface area contributed by atoms with Crippen LogP contribution in [0.3, 0.4) is 0 Å². The number of amides is 2. The molecule has 1 aromatic heterocycles. The van der Waals surface area contributed by atoms with Crippen molar-refractivity contribution in [2.75, 3.05) is 6.61 Å². The van der Waals surface area contributed by atoms with Crippen LogP contribution in [-0.2, 0) is 16.1 Å². The highest BCUT2D eigenvalue weighted by Crippen LogP contribution is 2.15. The molecule has 0 saturated carbocycles. The molecule has 0 fully saturated rings. The molecule has 0 aliphatic rings. The minimum atomic E-state index is -0.656. The van der Waals surface area contributed by atoms with Gasteiger partial charge in [-0.2, -0.15) is 0 Å². The second-order valence-electron chi connectivity index (χ2n) is 5.83. The highest BCUT2D eigenvalue weighted by atomic mass is 35.5. The maximum absolute atomic E-state index is 12.3. The van der Waals surface area contributed by atoms with E-state index in [2.05, 4.69) is 10.6 Å². The van der Waals surface area contributed by atoms with Crippen LogP contribution in [-0.4, -0.2) is 24.5 Å². The number of nitrogens with one attached hydrogen (secondary N) is 2. The summed E-state index contributed by atoms with van der Waals surface area (Å²) in [6, 6.07) is 9.55. The van der Waals surface area contributed by atoms with Crippen LogP contribution in [0.4, 0.5) is 0 Å². The van der Waals surface area contributed by atoms with Crippen molar-refractivity contribution in [1.82, 2.24) is 10.6 Å². The summed E-state index contributed by atoms with van der Waals surface area (Å²) >= 11 is 5.79. The number of halogens is 1. The average molecular weight is 365 g/mol. The molecule has 0 spiro atoms. The maximum Gasteiger partial charge on any atom is 0.258 e. The van der Waals surface area contributed by atoms with Crippen molar-refractivity contribution in [3.8, 4) is 5.75 Å². The number of furan rings is 1. The number of benzene rings is 1. The van der Waals surface area contributed by atoms with Gasteiger partial charge < -0.3 is 19.8 Å². The van der Waals surface area contributed by atoms with Crippen LogP contribution in [0, 0.1) is 5.92 Å². The van der Waals surface area contributed by atoms with Crippen molar-refractivity contribution in [3.05, 3.63) is 53.4 Å². The van der Waals surface area contributed by atoms with E-state index in [4.69, 9.17) is 20.8 Å². The third-order valence-corrected chi connectivity index (χ3v) is 3.72. The Morgan fingerprint density at radius 3 is 2.52 bits per heavy atom. The molecule has 2 aromatic rings. The Morgan fingerprint density at radius 2 is 1.92 bits per heavy atom. The quantitative estimate of drug-likeness (QED) is 0.754. The summed E-state index contributed by atoms with van der Waals surface area (Å²) in [6.45, 7) is 3.80. The van der Waals surface area contributed by atoms with Gasteiger partial charge in [0.1, 0.15) is 17.6 Å². The summed E-state index contributed by atoms with van der Waals surface area (Å²) in [4.78, 5) is 24.4. The van der Waals surface area contributed by atoms with E-state index in [0.29, 0.717) is 16.5 Å². The Kier molecular flexibility index (Phi) is 6.89. The molecular weight excluding hydrogens is 344 g/mol. The van der Waals surface area contributed by atoms with Crippen molar-refractivity contribution in [3.63, 3.8) is 0 Å². The number of rotatable bonds is 8. The van der Waals surface area contributed by atoms with E-state index in [0.717, 1.165) is 0 Å². The summed E-state index contributed by atoms with van der Waals surface area (Å²) in [5, 5.41) is 6.03. The molecular formula is C18H21ClN2O4. The van der Waals surface area contributed by atoms with E-state index in [1.807, 2.05) is 13.8 Å². The fraction of sp³-hybridized carbons (Fsp3) is 0.333. The second kappa shape index (κ2) is 9.13. The molecule has 0 bridgehead atoms. The van der Waals surface area contributed by atoms with Gasteiger partial charge in [0.2, 0.25) is 5.91 Å². The molecule has 1 heterocycles. The summed E-state index contributed by atoms with van der Waals surface area (Å²) in [6.07, 6.45) is 1.54. The predicted molar refractivity (Wildman–Crippen MR) is 94.3 cm³/mol. The summed E-state index contributed by atoms with van der Waals surface area (Å²) < 4.78 is 10.6. The van der Waals surface area contributed by atoms with Gasteiger partial charge in [-0.05, 0) is 42.3 Å². The Hall–Kier alpha value is -2.47. The van der Waals surface area contributed by atoms with Crippen LogP contribution in [0.15, 0.2) is 47.1 Å². The molecule has 25 heavy (non-hydrogen) atoms. The zero-order valence-corrected chi connectivity index (χ0v) is 14.9. The van der Waals surface area contributed by atoms with Gasteiger partial charge in [-0.15, -0.1) is 0 Å². The lowest BCUT2D eigenvalue weighted by Crippen LogP contribution is -2.50. The van der Waals surface area contributed by atoms with Crippen molar-refractivity contribution >= 4 is 23.4 Å². The van der Waals surface area contributed by atoms with Gasteiger partial charge in [-0.1, -0.05) is 25.4 Å². The van der Waals surface area contributed by atoms with Crippen LogP contribution < -0.4 is 15.4 Å². The number of carbonyl (C=O) groups excluding carboxylic acids is 2. The largest absolute Gasteiger partial charge is 0.484 e. The van der Waals surface area contributed by atoms with Gasteiger partial charge >= 0.3 is 0 Å². The molecule has 0 unspecified atom stereocenters. The minimum absolute atomic E-state index is 0.0731. The topological polar surface area (TPSA) is 80.6 Å². The molecule has 1 aromatic carbocycles. The zero-order chi connectivity index (χ0) is 18.2. The summed E-state index contributed by atoms with van der Waals surface area (Å²) in [5.74, 6) is 0.459. The third kappa shape index (κ3) is 6.15. The van der Waals surface area contributed by atoms with Gasteiger partial charge in [-0.3, -0.25) is 9.59 Å². The highest BCUT2D eigenvalue weighted by molar-refractivity contribution is 6.30. The average Bonchev–Trinajstić information content (AvgIpc) is 3.10. The van der Waals surface area contributed by atoms with Gasteiger partial charge in [0, 0.05) is 5.02 Å². The fourth-order valence-electron chi connectivity index (χ4n) is 2.13. The smallest absolute Gasteiger partial charge is 0.258 e. The number of hydrogen-bond donors (Lipinski definition) is 2. The maximum atomic E-state index is 12.3. The molecule has 7 heteroatoms. The molecule has 2 amide bonds. The molecule has 2 N–H and O–H groups in total. The molecule has 2 rings (SSSR count). The standard InChI is InChI=1S/C18H21ClN2O4/c1-12(2)17(18(23)20-10-15-4-3-9-24-15)21-16(22)11-25-14-7-5-13(19)6-8-14/h3-9,12,17H,10-11H2,1-2H3,(H,20,23)(H,21,22)/t17-/m0/s1. The molecule has 6 nitrogen and oxygen atoms in total. The van der Waals surface area contributed by atoms with E-state index in [1.54, 1.807) is 36.4 Å². The normalized spacial score (nSPS) is 11.8. The lowest BCUT2D eigenvalue weighted by atomic mass is 10.0. The molecule has 0 radical (unpaired) electrons. The highest BCUT2D eigenvalue weighted by Gasteiger charge is 2.24. The number of carbonyl (C=O) groups is 2. The van der Waals surface area contributed by atoms with Gasteiger partial charge in [0.25, 0.3) is 5.91 Å². The monoisotopic (exact) mass is 364 g/mol. The lowest BCUT2D eigenvalue weighted by Gasteiger charge is -2.21. The van der Waals surface area contributed by atoms with E-state index in [9.17, 15) is 9.59 Å². The van der Waals surface area contributed by atoms with Crippen LogP contribution in [0.1, 0.15) is 19.6 Å². The van der Waals surface area contributed by atoms with Crippen LogP contribution >= 0.6 is 11.6 Å². The molecule has 0 aliphatic heterocycles. The van der Waals surface area contributed by atoms with Gasteiger partial charge in [-0.25, -0.2) is 0 Å². The first-order valence-corrected chi connectivity index (χ1v) is 8.31.